The monoisotopic (exact) mass is 573 g/mol. The first-order valence-electron chi connectivity index (χ1n) is 18.0. The van der Waals surface area contributed by atoms with Gasteiger partial charge in [0.2, 0.25) is 0 Å². The first-order valence-corrected chi connectivity index (χ1v) is 18.0. The maximum Gasteiger partial charge on any atom is 0.0636 e. The van der Waals surface area contributed by atoms with Gasteiger partial charge in [0.1, 0.15) is 0 Å². The molecule has 2 heteroatoms. The van der Waals surface area contributed by atoms with Gasteiger partial charge in [-0.3, -0.25) is 9.98 Å². The summed E-state index contributed by atoms with van der Waals surface area (Å²) in [4.78, 5) is 10.7. The van der Waals surface area contributed by atoms with Gasteiger partial charge in [-0.15, -0.1) is 0 Å². The molecule has 0 N–H and O–H groups in total. The molecular formula is C40H64N2. The third-order valence-electron chi connectivity index (χ3n) is 8.54. The van der Waals surface area contributed by atoms with E-state index in [0.29, 0.717) is 0 Å². The number of hydrogen-bond donors (Lipinski definition) is 0. The molecule has 2 rings (SSSR count). The summed E-state index contributed by atoms with van der Waals surface area (Å²) in [6.45, 7) is 13.7. The number of rotatable bonds is 23. The number of aryl methyl sites for hydroxylation is 4. The molecule has 0 heterocycles. The minimum Gasteiger partial charge on any atom is -0.252 e. The van der Waals surface area contributed by atoms with Crippen molar-refractivity contribution < 1.29 is 0 Å². The van der Waals surface area contributed by atoms with Crippen LogP contribution in [0, 0.1) is 0 Å². The van der Waals surface area contributed by atoms with Crippen molar-refractivity contribution in [3.8, 4) is 0 Å². The van der Waals surface area contributed by atoms with Gasteiger partial charge in [-0.25, -0.2) is 0 Å². The Bertz CT molecular complexity index is 1060. The Balaban J connectivity index is 2.45. The molecule has 0 saturated heterocycles. The Morgan fingerprint density at radius 2 is 0.833 bits per heavy atom. The Hall–Kier alpha value is -2.22. The molecule has 2 aromatic carbocycles. The molecule has 0 aliphatic heterocycles. The van der Waals surface area contributed by atoms with E-state index in [1.54, 1.807) is 0 Å². The van der Waals surface area contributed by atoms with Crippen LogP contribution in [0.5, 0.6) is 0 Å². The molecule has 0 radical (unpaired) electrons. The zero-order valence-corrected chi connectivity index (χ0v) is 28.5. The summed E-state index contributed by atoms with van der Waals surface area (Å²) >= 11 is 0. The van der Waals surface area contributed by atoms with Crippen LogP contribution in [0.4, 0.5) is 11.4 Å². The van der Waals surface area contributed by atoms with Gasteiger partial charge >= 0.3 is 0 Å². The number of hydrogen-bond acceptors (Lipinski definition) is 2. The number of unbranched alkanes of at least 4 members (excludes halogenated alkanes) is 9. The fraction of sp³-hybridized carbons (Fsp3) is 0.650. The molecule has 0 aliphatic carbocycles. The Morgan fingerprint density at radius 1 is 0.429 bits per heavy atom. The molecular weight excluding hydrogens is 508 g/mol. The highest BCUT2D eigenvalue weighted by Gasteiger charge is 2.12. The Kier molecular flexibility index (Phi) is 19.1. The first kappa shape index (κ1) is 36.0. The molecule has 0 aliphatic rings. The van der Waals surface area contributed by atoms with Crippen molar-refractivity contribution >= 4 is 22.8 Å². The standard InChI is InChI=1S/C40H64N2/c1-7-13-18-19-20-21-26-40(42-38-30-28-34(23-15-9-3)36(32-38)25-17-11-5)39(12-6)41-37-29-27-33(22-14-8-2)35(31-37)24-16-10-4/h27-32H,7-26H2,1-6H3. The van der Waals surface area contributed by atoms with Gasteiger partial charge in [-0.2, -0.15) is 0 Å². The Labute approximate surface area is 260 Å². The summed E-state index contributed by atoms with van der Waals surface area (Å²) in [5.41, 5.74) is 10.6. The fourth-order valence-corrected chi connectivity index (χ4v) is 5.78. The molecule has 2 nitrogen and oxygen atoms in total. The highest BCUT2D eigenvalue weighted by Crippen LogP contribution is 2.26. The van der Waals surface area contributed by atoms with Crippen LogP contribution in [0.1, 0.15) is 167 Å². The molecule has 0 fully saturated rings. The van der Waals surface area contributed by atoms with Gasteiger partial charge in [0, 0.05) is 0 Å². The van der Waals surface area contributed by atoms with E-state index in [4.69, 9.17) is 9.98 Å². The third-order valence-corrected chi connectivity index (χ3v) is 8.54. The van der Waals surface area contributed by atoms with Crippen LogP contribution < -0.4 is 0 Å². The average molecular weight is 573 g/mol. The van der Waals surface area contributed by atoms with E-state index in [0.717, 1.165) is 42.8 Å². The topological polar surface area (TPSA) is 24.7 Å². The summed E-state index contributed by atoms with van der Waals surface area (Å²) in [6.07, 6.45) is 24.3. The van der Waals surface area contributed by atoms with Crippen molar-refractivity contribution in [3.05, 3.63) is 58.7 Å². The number of nitrogens with zero attached hydrogens (tertiary/aromatic N) is 2. The lowest BCUT2D eigenvalue weighted by Crippen LogP contribution is -2.13. The molecule has 42 heavy (non-hydrogen) atoms. The maximum absolute atomic E-state index is 5.37. The van der Waals surface area contributed by atoms with Crippen LogP contribution in [0.15, 0.2) is 46.4 Å². The summed E-state index contributed by atoms with van der Waals surface area (Å²) in [5.74, 6) is 0. The second-order valence-electron chi connectivity index (χ2n) is 12.3. The molecule has 0 atom stereocenters. The van der Waals surface area contributed by atoms with Gasteiger partial charge < -0.3 is 0 Å². The molecule has 0 aromatic heterocycles. The second kappa shape index (κ2) is 22.3. The summed E-state index contributed by atoms with van der Waals surface area (Å²) in [5, 5.41) is 0. The van der Waals surface area contributed by atoms with Crippen molar-refractivity contribution in [1.82, 2.24) is 0 Å². The van der Waals surface area contributed by atoms with Gasteiger partial charge in [-0.05, 0) is 117 Å². The zero-order valence-electron chi connectivity index (χ0n) is 28.5. The predicted octanol–water partition coefficient (Wildman–Crippen LogP) is 13.1. The smallest absolute Gasteiger partial charge is 0.0636 e. The van der Waals surface area contributed by atoms with E-state index in [1.165, 1.54) is 131 Å². The highest BCUT2D eigenvalue weighted by atomic mass is 14.8. The quantitative estimate of drug-likeness (QED) is 0.0934. The molecule has 2 aromatic rings. The van der Waals surface area contributed by atoms with Gasteiger partial charge in [0.25, 0.3) is 0 Å². The van der Waals surface area contributed by atoms with Crippen LogP contribution in [0.2, 0.25) is 0 Å². The van der Waals surface area contributed by atoms with Crippen LogP contribution in [-0.4, -0.2) is 11.4 Å². The van der Waals surface area contributed by atoms with E-state index >= 15 is 0 Å². The lowest BCUT2D eigenvalue weighted by Gasteiger charge is -2.14. The number of aliphatic imine (C=N–C) groups is 2. The van der Waals surface area contributed by atoms with Gasteiger partial charge in [0.05, 0.1) is 22.8 Å². The summed E-state index contributed by atoms with van der Waals surface area (Å²) in [6, 6.07) is 14.0. The molecule has 0 saturated carbocycles. The number of benzene rings is 2. The summed E-state index contributed by atoms with van der Waals surface area (Å²) < 4.78 is 0. The average Bonchev–Trinajstić information content (AvgIpc) is 3.01. The molecule has 0 spiro atoms. The van der Waals surface area contributed by atoms with E-state index in [2.05, 4.69) is 77.9 Å². The van der Waals surface area contributed by atoms with Crippen molar-refractivity contribution in [2.75, 3.05) is 0 Å². The fourth-order valence-electron chi connectivity index (χ4n) is 5.78. The van der Waals surface area contributed by atoms with Crippen molar-refractivity contribution in [2.24, 2.45) is 9.98 Å². The first-order chi connectivity index (χ1) is 20.6. The predicted molar refractivity (Wildman–Crippen MR) is 190 cm³/mol. The minimum absolute atomic E-state index is 0.911. The highest BCUT2D eigenvalue weighted by molar-refractivity contribution is 6.43. The third kappa shape index (κ3) is 13.4. The zero-order chi connectivity index (χ0) is 30.4. The second-order valence-corrected chi connectivity index (χ2v) is 12.3. The van der Waals surface area contributed by atoms with Crippen LogP contribution in [0.3, 0.4) is 0 Å². The van der Waals surface area contributed by atoms with Crippen molar-refractivity contribution in [2.45, 2.75) is 170 Å². The van der Waals surface area contributed by atoms with E-state index in [-0.39, 0.29) is 0 Å². The van der Waals surface area contributed by atoms with Crippen molar-refractivity contribution in [3.63, 3.8) is 0 Å². The van der Waals surface area contributed by atoms with Crippen LogP contribution in [0.25, 0.3) is 0 Å². The maximum atomic E-state index is 5.37. The molecule has 0 bridgehead atoms. The van der Waals surface area contributed by atoms with E-state index < -0.39 is 0 Å². The van der Waals surface area contributed by atoms with E-state index in [9.17, 15) is 0 Å². The Morgan fingerprint density at radius 3 is 1.29 bits per heavy atom. The molecule has 234 valence electrons. The lowest BCUT2D eigenvalue weighted by molar-refractivity contribution is 0.616. The SMILES string of the molecule is CCCCCCCCC(=Nc1ccc(CCCC)c(CCCC)c1)C(CC)=Nc1ccc(CCCC)c(CCCC)c1. The van der Waals surface area contributed by atoms with Crippen LogP contribution >= 0.6 is 0 Å². The van der Waals surface area contributed by atoms with Crippen molar-refractivity contribution in [1.29, 1.82) is 0 Å². The van der Waals surface area contributed by atoms with E-state index in [1.807, 2.05) is 0 Å². The summed E-state index contributed by atoms with van der Waals surface area (Å²) in [7, 11) is 0. The van der Waals surface area contributed by atoms with Gasteiger partial charge in [-0.1, -0.05) is 111 Å². The van der Waals surface area contributed by atoms with Crippen LogP contribution in [-0.2, 0) is 25.7 Å². The molecule has 0 amide bonds. The van der Waals surface area contributed by atoms with Gasteiger partial charge in [0.15, 0.2) is 0 Å². The largest absolute Gasteiger partial charge is 0.252 e. The molecule has 0 unspecified atom stereocenters. The normalized spacial score (nSPS) is 12.3. The lowest BCUT2D eigenvalue weighted by atomic mass is 9.97. The minimum atomic E-state index is 0.911.